The van der Waals surface area contributed by atoms with E-state index in [-0.39, 0.29) is 27.6 Å². The summed E-state index contributed by atoms with van der Waals surface area (Å²) in [6.07, 6.45) is 0. The molecular formula is C24H20ClN3O5S. The lowest BCUT2D eigenvalue weighted by molar-refractivity contribution is -0.384. The highest BCUT2D eigenvalue weighted by atomic mass is 35.5. The van der Waals surface area contributed by atoms with Crippen molar-refractivity contribution in [2.24, 2.45) is 0 Å². The smallest absolute Gasteiger partial charge is 0.288 e. The number of hydrogen-bond donors (Lipinski definition) is 1. The van der Waals surface area contributed by atoms with Crippen molar-refractivity contribution >= 4 is 52.2 Å². The fourth-order valence-electron chi connectivity index (χ4n) is 3.59. The summed E-state index contributed by atoms with van der Waals surface area (Å²) in [7, 11) is 0. The summed E-state index contributed by atoms with van der Waals surface area (Å²) in [5.41, 5.74) is 1.91. The van der Waals surface area contributed by atoms with Gasteiger partial charge in [0, 0.05) is 17.3 Å². The molecule has 10 heteroatoms. The molecule has 3 aromatic carbocycles. The van der Waals surface area contributed by atoms with E-state index in [0.717, 1.165) is 11.6 Å². The van der Waals surface area contributed by atoms with Gasteiger partial charge in [0.25, 0.3) is 11.6 Å². The number of amides is 2. The fraction of sp³-hybridized carbons (Fsp3) is 0.167. The van der Waals surface area contributed by atoms with Gasteiger partial charge in [-0.15, -0.1) is 11.8 Å². The van der Waals surface area contributed by atoms with Crippen LogP contribution in [0.4, 0.5) is 17.1 Å². The van der Waals surface area contributed by atoms with Crippen LogP contribution >= 0.6 is 23.4 Å². The average molecular weight is 498 g/mol. The number of nitro benzene ring substituents is 1. The lowest BCUT2D eigenvalue weighted by Gasteiger charge is -2.26. The number of nitrogens with zero attached hydrogens (tertiary/aromatic N) is 2. The number of carbonyl (C=O) groups is 2. The third-order valence-electron chi connectivity index (χ3n) is 5.15. The van der Waals surface area contributed by atoms with Crippen molar-refractivity contribution in [3.05, 3.63) is 93.0 Å². The summed E-state index contributed by atoms with van der Waals surface area (Å²) in [6.45, 7) is 2.38. The second-order valence-electron chi connectivity index (χ2n) is 7.33. The molecule has 1 aliphatic heterocycles. The maximum atomic E-state index is 12.7. The Morgan fingerprint density at radius 1 is 1.21 bits per heavy atom. The molecule has 4 rings (SSSR count). The van der Waals surface area contributed by atoms with E-state index in [1.54, 1.807) is 17.0 Å². The number of anilines is 2. The summed E-state index contributed by atoms with van der Waals surface area (Å²) in [4.78, 5) is 37.5. The first kappa shape index (κ1) is 23.6. The van der Waals surface area contributed by atoms with E-state index in [2.05, 4.69) is 5.32 Å². The van der Waals surface area contributed by atoms with Gasteiger partial charge in [-0.3, -0.25) is 24.6 Å². The molecule has 2 amide bonds. The van der Waals surface area contributed by atoms with Crippen LogP contribution in [0.3, 0.4) is 0 Å². The zero-order valence-corrected chi connectivity index (χ0v) is 19.6. The van der Waals surface area contributed by atoms with E-state index in [1.807, 2.05) is 43.3 Å². The monoisotopic (exact) mass is 497 g/mol. The average Bonchev–Trinajstić information content (AvgIpc) is 3.21. The first-order valence-electron chi connectivity index (χ1n) is 10.4. The largest absolute Gasteiger partial charge is 0.492 e. The van der Waals surface area contributed by atoms with E-state index >= 15 is 0 Å². The first-order valence-corrected chi connectivity index (χ1v) is 11.8. The predicted molar refractivity (Wildman–Crippen MR) is 133 cm³/mol. The quantitative estimate of drug-likeness (QED) is 0.333. The molecular weight excluding hydrogens is 478 g/mol. The van der Waals surface area contributed by atoms with Gasteiger partial charge in [0.1, 0.15) is 16.1 Å². The molecule has 1 atom stereocenters. The maximum Gasteiger partial charge on any atom is 0.288 e. The Morgan fingerprint density at radius 3 is 2.65 bits per heavy atom. The van der Waals surface area contributed by atoms with Crippen LogP contribution in [0.25, 0.3) is 0 Å². The lowest BCUT2D eigenvalue weighted by Crippen LogP contribution is -2.28. The molecule has 34 heavy (non-hydrogen) atoms. The number of halogens is 1. The van der Waals surface area contributed by atoms with Gasteiger partial charge in [-0.05, 0) is 48.9 Å². The van der Waals surface area contributed by atoms with Crippen molar-refractivity contribution in [2.45, 2.75) is 12.3 Å². The number of para-hydroxylation sites is 2. The number of nitro groups is 1. The van der Waals surface area contributed by atoms with Crippen molar-refractivity contribution in [3.8, 4) is 5.75 Å². The van der Waals surface area contributed by atoms with Crippen LogP contribution < -0.4 is 15.0 Å². The van der Waals surface area contributed by atoms with E-state index in [9.17, 15) is 19.7 Å². The molecule has 1 heterocycles. The molecule has 1 fully saturated rings. The van der Waals surface area contributed by atoms with Gasteiger partial charge in [0.15, 0.2) is 0 Å². The van der Waals surface area contributed by atoms with Crippen molar-refractivity contribution in [1.29, 1.82) is 0 Å². The lowest BCUT2D eigenvalue weighted by atomic mass is 10.1. The molecule has 8 nitrogen and oxygen atoms in total. The number of rotatable bonds is 7. The van der Waals surface area contributed by atoms with Gasteiger partial charge in [-0.1, -0.05) is 35.9 Å². The molecule has 3 aromatic rings. The van der Waals surface area contributed by atoms with Crippen LogP contribution in [0.2, 0.25) is 5.02 Å². The number of nitrogens with one attached hydrogen (secondary N) is 1. The summed E-state index contributed by atoms with van der Waals surface area (Å²) in [5.74, 6) is 0.486. The standard InChI is InChI=1S/C24H20ClN3O5S/c1-2-33-21-6-4-3-5-19(21)27-22(29)14-34-24(27)15-7-10-17(11-8-15)26-23(30)16-9-12-18(25)20(13-16)28(31)32/h3-13,24H,2,14H2,1H3,(H,26,30)/t24-/m0/s1. The molecule has 1 N–H and O–H groups in total. The van der Waals surface area contributed by atoms with Crippen molar-refractivity contribution in [2.75, 3.05) is 22.6 Å². The fourth-order valence-corrected chi connectivity index (χ4v) is 4.95. The Morgan fingerprint density at radius 2 is 1.94 bits per heavy atom. The van der Waals surface area contributed by atoms with Crippen LogP contribution in [0, 0.1) is 10.1 Å². The zero-order valence-electron chi connectivity index (χ0n) is 18.1. The summed E-state index contributed by atoms with van der Waals surface area (Å²) < 4.78 is 5.72. The van der Waals surface area contributed by atoms with E-state index in [1.165, 1.54) is 23.9 Å². The second kappa shape index (κ2) is 10.1. The van der Waals surface area contributed by atoms with Crippen LogP contribution in [0.1, 0.15) is 28.2 Å². The molecule has 0 spiro atoms. The third kappa shape index (κ3) is 4.85. The number of thioether (sulfide) groups is 1. The summed E-state index contributed by atoms with van der Waals surface area (Å²) >= 11 is 7.33. The van der Waals surface area contributed by atoms with Crippen molar-refractivity contribution < 1.29 is 19.2 Å². The normalized spacial score (nSPS) is 15.3. The molecule has 0 aromatic heterocycles. The highest BCUT2D eigenvalue weighted by molar-refractivity contribution is 8.00. The van der Waals surface area contributed by atoms with Crippen LogP contribution in [0.5, 0.6) is 5.75 Å². The highest BCUT2D eigenvalue weighted by Crippen LogP contribution is 2.45. The van der Waals surface area contributed by atoms with Crippen molar-refractivity contribution in [3.63, 3.8) is 0 Å². The van der Waals surface area contributed by atoms with E-state index in [4.69, 9.17) is 16.3 Å². The Hall–Kier alpha value is -3.56. The molecule has 0 unspecified atom stereocenters. The number of carbonyl (C=O) groups excluding carboxylic acids is 2. The summed E-state index contributed by atoms with van der Waals surface area (Å²) in [5, 5.41) is 13.5. The minimum Gasteiger partial charge on any atom is -0.492 e. The molecule has 1 saturated heterocycles. The molecule has 1 aliphatic rings. The molecule has 0 radical (unpaired) electrons. The van der Waals surface area contributed by atoms with E-state index in [0.29, 0.717) is 29.5 Å². The van der Waals surface area contributed by atoms with E-state index < -0.39 is 10.8 Å². The number of benzene rings is 3. The van der Waals surface area contributed by atoms with Crippen LogP contribution in [-0.2, 0) is 4.79 Å². The van der Waals surface area contributed by atoms with Gasteiger partial charge in [0.2, 0.25) is 5.91 Å². The molecule has 174 valence electrons. The van der Waals surface area contributed by atoms with Gasteiger partial charge < -0.3 is 10.1 Å². The number of ether oxygens (including phenoxy) is 1. The second-order valence-corrected chi connectivity index (χ2v) is 8.80. The third-order valence-corrected chi connectivity index (χ3v) is 6.68. The molecule has 0 bridgehead atoms. The van der Waals surface area contributed by atoms with Crippen molar-refractivity contribution in [1.82, 2.24) is 0 Å². The predicted octanol–water partition coefficient (Wildman–Crippen LogP) is 5.68. The molecule has 0 saturated carbocycles. The van der Waals surface area contributed by atoms with Gasteiger partial charge in [0.05, 0.1) is 23.0 Å². The van der Waals surface area contributed by atoms with Gasteiger partial charge in [-0.2, -0.15) is 0 Å². The maximum absolute atomic E-state index is 12.7. The molecule has 0 aliphatic carbocycles. The summed E-state index contributed by atoms with van der Waals surface area (Å²) in [6, 6.07) is 18.5. The van der Waals surface area contributed by atoms with Gasteiger partial charge in [-0.25, -0.2) is 0 Å². The topological polar surface area (TPSA) is 102 Å². The Bertz CT molecular complexity index is 1250. The van der Waals surface area contributed by atoms with Gasteiger partial charge >= 0.3 is 0 Å². The Balaban J connectivity index is 1.53. The minimum atomic E-state index is -0.635. The first-order chi connectivity index (χ1) is 16.4. The minimum absolute atomic E-state index is 0.0103. The SMILES string of the molecule is CCOc1ccccc1N1C(=O)CS[C@H]1c1ccc(NC(=O)c2ccc(Cl)c([N+](=O)[O-])c2)cc1. The zero-order chi connectivity index (χ0) is 24.2. The van der Waals surface area contributed by atoms with Crippen LogP contribution in [0.15, 0.2) is 66.7 Å². The number of hydrogen-bond acceptors (Lipinski definition) is 6. The Kier molecular flexibility index (Phi) is 7.04. The van der Waals surface area contributed by atoms with Crippen LogP contribution in [-0.4, -0.2) is 29.1 Å². The Labute approximate surface area is 205 Å². The highest BCUT2D eigenvalue weighted by Gasteiger charge is 2.35.